The Morgan fingerprint density at radius 3 is 2.31 bits per heavy atom. The van der Waals surface area contributed by atoms with Gasteiger partial charge in [-0.15, -0.1) is 0 Å². The van der Waals surface area contributed by atoms with Crippen LogP contribution in [0.2, 0.25) is 0 Å². The van der Waals surface area contributed by atoms with Gasteiger partial charge in [-0.1, -0.05) is 50.5 Å². The molecule has 0 atom stereocenters. The zero-order valence-electron chi connectivity index (χ0n) is 10.0. The summed E-state index contributed by atoms with van der Waals surface area (Å²) in [5, 5.41) is 0. The summed E-state index contributed by atoms with van der Waals surface area (Å²) in [4.78, 5) is 11.5. The summed E-state index contributed by atoms with van der Waals surface area (Å²) in [6.45, 7) is 1.91. The maximum absolute atomic E-state index is 11.5. The van der Waals surface area contributed by atoms with Crippen LogP contribution in [0.4, 0.5) is 0 Å². The van der Waals surface area contributed by atoms with Crippen LogP contribution in [0.5, 0.6) is 0 Å². The van der Waals surface area contributed by atoms with Crippen molar-refractivity contribution in [1.29, 1.82) is 0 Å². The minimum atomic E-state index is 0.246. The smallest absolute Gasteiger partial charge is 0.162 e. The fraction of sp³-hybridized carbons (Fsp3) is 0.533. The Hall–Kier alpha value is -1.11. The number of benzene rings is 1. The second kappa shape index (κ2) is 5.29. The third-order valence-corrected chi connectivity index (χ3v) is 3.63. The highest BCUT2D eigenvalue weighted by Gasteiger charge is 2.15. The van der Waals surface area contributed by atoms with E-state index in [0.717, 1.165) is 11.5 Å². The van der Waals surface area contributed by atoms with Crippen LogP contribution in [0.25, 0.3) is 0 Å². The van der Waals surface area contributed by atoms with Gasteiger partial charge in [0.1, 0.15) is 0 Å². The first-order valence-electron chi connectivity index (χ1n) is 6.44. The number of ketones is 1. The average Bonchev–Trinajstić information content (AvgIpc) is 2.39. The van der Waals surface area contributed by atoms with E-state index in [1.54, 1.807) is 0 Å². The van der Waals surface area contributed by atoms with E-state index >= 15 is 0 Å². The van der Waals surface area contributed by atoms with E-state index in [1.165, 1.54) is 37.7 Å². The van der Waals surface area contributed by atoms with Crippen LogP contribution in [0.3, 0.4) is 0 Å². The van der Waals surface area contributed by atoms with E-state index in [9.17, 15) is 4.79 Å². The van der Waals surface area contributed by atoms with Crippen molar-refractivity contribution in [2.45, 2.75) is 51.4 Å². The molecular formula is C15H20O. The molecule has 1 heteroatoms. The Bertz CT molecular complexity index is 344. The third-order valence-electron chi connectivity index (χ3n) is 3.63. The highest BCUT2D eigenvalue weighted by molar-refractivity contribution is 5.95. The molecule has 1 nitrogen and oxygen atoms in total. The minimum Gasteiger partial charge on any atom is -0.294 e. The van der Waals surface area contributed by atoms with Crippen molar-refractivity contribution in [3.8, 4) is 0 Å². The molecule has 1 fully saturated rings. The van der Waals surface area contributed by atoms with Crippen LogP contribution in [0.1, 0.15) is 67.3 Å². The van der Waals surface area contributed by atoms with E-state index < -0.39 is 0 Å². The lowest BCUT2D eigenvalue weighted by Crippen LogP contribution is -2.05. The van der Waals surface area contributed by atoms with Gasteiger partial charge >= 0.3 is 0 Å². The monoisotopic (exact) mass is 216 g/mol. The maximum Gasteiger partial charge on any atom is 0.162 e. The Labute approximate surface area is 97.9 Å². The van der Waals surface area contributed by atoms with Crippen LogP contribution in [0.15, 0.2) is 24.3 Å². The van der Waals surface area contributed by atoms with Gasteiger partial charge < -0.3 is 0 Å². The molecule has 0 heterocycles. The van der Waals surface area contributed by atoms with Crippen LogP contribution >= 0.6 is 0 Å². The Kier molecular flexibility index (Phi) is 3.76. The lowest BCUT2D eigenvalue weighted by molar-refractivity contribution is 0.0988. The zero-order valence-corrected chi connectivity index (χ0v) is 10.0. The van der Waals surface area contributed by atoms with Crippen molar-refractivity contribution >= 4 is 5.78 Å². The quantitative estimate of drug-likeness (QED) is 0.687. The predicted molar refractivity (Wildman–Crippen MR) is 66.9 cm³/mol. The third kappa shape index (κ3) is 2.52. The second-order valence-corrected chi connectivity index (χ2v) is 4.73. The van der Waals surface area contributed by atoms with Crippen molar-refractivity contribution in [1.82, 2.24) is 0 Å². The zero-order chi connectivity index (χ0) is 11.4. The van der Waals surface area contributed by atoms with Crippen LogP contribution in [-0.2, 0) is 0 Å². The van der Waals surface area contributed by atoms with Crippen molar-refractivity contribution in [2.75, 3.05) is 0 Å². The van der Waals surface area contributed by atoms with E-state index in [1.807, 2.05) is 19.1 Å². The highest BCUT2D eigenvalue weighted by atomic mass is 16.1. The molecule has 0 bridgehead atoms. The first kappa shape index (κ1) is 11.4. The molecule has 2 rings (SSSR count). The summed E-state index contributed by atoms with van der Waals surface area (Å²) >= 11 is 0. The second-order valence-electron chi connectivity index (χ2n) is 4.73. The average molecular weight is 216 g/mol. The van der Waals surface area contributed by atoms with Crippen molar-refractivity contribution in [2.24, 2.45) is 0 Å². The highest BCUT2D eigenvalue weighted by Crippen LogP contribution is 2.32. The van der Waals surface area contributed by atoms with E-state index in [-0.39, 0.29) is 5.78 Å². The Morgan fingerprint density at radius 2 is 1.75 bits per heavy atom. The maximum atomic E-state index is 11.5. The van der Waals surface area contributed by atoms with Gasteiger partial charge in [-0.25, -0.2) is 0 Å². The molecule has 0 aliphatic heterocycles. The molecule has 0 unspecified atom stereocenters. The number of hydrogen-bond donors (Lipinski definition) is 0. The summed E-state index contributed by atoms with van der Waals surface area (Å²) in [5.41, 5.74) is 2.29. The minimum absolute atomic E-state index is 0.246. The Balaban J connectivity index is 2.09. The summed E-state index contributed by atoms with van der Waals surface area (Å²) in [6, 6.07) is 8.29. The fourth-order valence-electron chi connectivity index (χ4n) is 2.58. The summed E-state index contributed by atoms with van der Waals surface area (Å²) in [6.07, 6.45) is 7.36. The molecule has 16 heavy (non-hydrogen) atoms. The molecule has 1 saturated carbocycles. The first-order valence-corrected chi connectivity index (χ1v) is 6.44. The molecule has 0 spiro atoms. The molecule has 1 aliphatic carbocycles. The van der Waals surface area contributed by atoms with Gasteiger partial charge in [0.2, 0.25) is 0 Å². The van der Waals surface area contributed by atoms with Gasteiger partial charge in [0.15, 0.2) is 5.78 Å². The molecule has 86 valence electrons. The SMILES string of the molecule is CCC(=O)c1ccc(C2CCCCC2)cc1. The molecule has 0 saturated heterocycles. The van der Waals surface area contributed by atoms with E-state index in [2.05, 4.69) is 12.1 Å². The number of rotatable bonds is 3. The van der Waals surface area contributed by atoms with E-state index in [0.29, 0.717) is 6.42 Å². The predicted octanol–water partition coefficient (Wildman–Crippen LogP) is 4.33. The van der Waals surface area contributed by atoms with Crippen molar-refractivity contribution < 1.29 is 4.79 Å². The van der Waals surface area contributed by atoms with Gasteiger partial charge in [-0.05, 0) is 24.3 Å². The largest absolute Gasteiger partial charge is 0.294 e. The van der Waals surface area contributed by atoms with Gasteiger partial charge in [0.05, 0.1) is 0 Å². The van der Waals surface area contributed by atoms with E-state index in [4.69, 9.17) is 0 Å². The summed E-state index contributed by atoms with van der Waals surface area (Å²) in [7, 11) is 0. The van der Waals surface area contributed by atoms with Crippen molar-refractivity contribution in [3.63, 3.8) is 0 Å². The number of carbonyl (C=O) groups excluding carboxylic acids is 1. The van der Waals surface area contributed by atoms with Gasteiger partial charge in [-0.2, -0.15) is 0 Å². The number of hydrogen-bond acceptors (Lipinski definition) is 1. The lowest BCUT2D eigenvalue weighted by Gasteiger charge is -2.21. The molecule has 0 radical (unpaired) electrons. The van der Waals surface area contributed by atoms with Gasteiger partial charge in [-0.3, -0.25) is 4.79 Å². The molecule has 0 N–H and O–H groups in total. The normalized spacial score (nSPS) is 17.3. The summed E-state index contributed by atoms with van der Waals surface area (Å²) in [5.74, 6) is 0.981. The number of Topliss-reactive ketones (excluding diaryl/α,β-unsaturated/α-hetero) is 1. The fourth-order valence-corrected chi connectivity index (χ4v) is 2.58. The number of carbonyl (C=O) groups is 1. The molecule has 0 amide bonds. The molecule has 1 aromatic carbocycles. The molecule has 1 aliphatic rings. The Morgan fingerprint density at radius 1 is 1.12 bits per heavy atom. The molecule has 0 aromatic heterocycles. The van der Waals surface area contributed by atoms with Gasteiger partial charge in [0, 0.05) is 12.0 Å². The summed E-state index contributed by atoms with van der Waals surface area (Å²) < 4.78 is 0. The van der Waals surface area contributed by atoms with Gasteiger partial charge in [0.25, 0.3) is 0 Å². The van der Waals surface area contributed by atoms with Crippen LogP contribution in [-0.4, -0.2) is 5.78 Å². The van der Waals surface area contributed by atoms with Crippen LogP contribution < -0.4 is 0 Å². The first-order chi connectivity index (χ1) is 7.81. The molecule has 1 aromatic rings. The van der Waals surface area contributed by atoms with Crippen LogP contribution in [0, 0.1) is 0 Å². The topological polar surface area (TPSA) is 17.1 Å². The standard InChI is InChI=1S/C15H20O/c1-2-15(16)14-10-8-13(9-11-14)12-6-4-3-5-7-12/h8-12H,2-7H2,1H3. The molecular weight excluding hydrogens is 196 g/mol. The lowest BCUT2D eigenvalue weighted by atomic mass is 9.84. The van der Waals surface area contributed by atoms with Crippen molar-refractivity contribution in [3.05, 3.63) is 35.4 Å².